The van der Waals surface area contributed by atoms with Crippen LogP contribution in [0.5, 0.6) is 0 Å². The van der Waals surface area contributed by atoms with E-state index < -0.39 is 0 Å². The second-order valence-electron chi connectivity index (χ2n) is 5.59. The summed E-state index contributed by atoms with van der Waals surface area (Å²) in [5.41, 5.74) is 3.89. The van der Waals surface area contributed by atoms with Gasteiger partial charge in [-0.3, -0.25) is 4.79 Å². The van der Waals surface area contributed by atoms with Gasteiger partial charge in [0.15, 0.2) is 5.16 Å². The number of aryl methyl sites for hydroxylation is 1. The van der Waals surface area contributed by atoms with Crippen LogP contribution in [0.15, 0.2) is 71.9 Å². The Labute approximate surface area is 151 Å². The number of carbonyl (C=O) groups is 1. The quantitative estimate of drug-likeness (QED) is 0.542. The first-order chi connectivity index (χ1) is 12.2. The molecule has 25 heavy (non-hydrogen) atoms. The molecule has 1 N–H and O–H groups in total. The molecule has 0 unspecified atom stereocenters. The number of hydrogen-bond acceptors (Lipinski definition) is 4. The van der Waals surface area contributed by atoms with Crippen molar-refractivity contribution < 1.29 is 4.79 Å². The van der Waals surface area contributed by atoms with Crippen molar-refractivity contribution in [2.45, 2.75) is 18.6 Å². The Balaban J connectivity index is 1.59. The van der Waals surface area contributed by atoms with Gasteiger partial charge in [0.25, 0.3) is 0 Å². The van der Waals surface area contributed by atoms with Crippen molar-refractivity contribution in [2.24, 2.45) is 0 Å². The number of rotatable bonds is 6. The Morgan fingerprint density at radius 2 is 1.68 bits per heavy atom. The lowest BCUT2D eigenvalue weighted by atomic mass is 10.1. The molecule has 2 aromatic carbocycles. The summed E-state index contributed by atoms with van der Waals surface area (Å²) < 4.78 is 0. The average Bonchev–Trinajstić information content (AvgIpc) is 2.66. The predicted octanol–water partition coefficient (Wildman–Crippen LogP) is 3.86. The van der Waals surface area contributed by atoms with E-state index in [4.69, 9.17) is 0 Å². The van der Waals surface area contributed by atoms with E-state index in [0.717, 1.165) is 22.5 Å². The van der Waals surface area contributed by atoms with Crippen molar-refractivity contribution >= 4 is 17.7 Å². The van der Waals surface area contributed by atoms with Gasteiger partial charge in [-0.15, -0.1) is 0 Å². The molecule has 0 atom stereocenters. The molecule has 0 saturated heterocycles. The number of thioether (sulfide) groups is 1. The van der Waals surface area contributed by atoms with Crippen LogP contribution in [0.3, 0.4) is 0 Å². The van der Waals surface area contributed by atoms with Crippen LogP contribution in [0.25, 0.3) is 11.3 Å². The van der Waals surface area contributed by atoms with E-state index in [0.29, 0.717) is 17.5 Å². The van der Waals surface area contributed by atoms with Gasteiger partial charge in [-0.2, -0.15) is 0 Å². The number of benzene rings is 2. The zero-order chi connectivity index (χ0) is 17.5. The molecule has 1 heterocycles. The molecule has 0 fully saturated rings. The van der Waals surface area contributed by atoms with Crippen molar-refractivity contribution in [2.75, 3.05) is 5.75 Å². The Morgan fingerprint density at radius 1 is 1.00 bits per heavy atom. The topological polar surface area (TPSA) is 54.9 Å². The van der Waals surface area contributed by atoms with Gasteiger partial charge in [0, 0.05) is 17.8 Å². The van der Waals surface area contributed by atoms with Crippen molar-refractivity contribution in [1.82, 2.24) is 15.3 Å². The van der Waals surface area contributed by atoms with E-state index in [1.165, 1.54) is 11.8 Å². The number of amides is 1. The van der Waals surface area contributed by atoms with Crippen LogP contribution < -0.4 is 5.32 Å². The molecule has 0 aliphatic rings. The van der Waals surface area contributed by atoms with Crippen LogP contribution in [-0.2, 0) is 11.3 Å². The largest absolute Gasteiger partial charge is 0.351 e. The summed E-state index contributed by atoms with van der Waals surface area (Å²) in [5.74, 6) is 0.269. The highest BCUT2D eigenvalue weighted by Crippen LogP contribution is 2.21. The fourth-order valence-corrected chi connectivity index (χ4v) is 3.07. The molecular formula is C20H19N3OS. The Bertz CT molecular complexity index is 838. The smallest absolute Gasteiger partial charge is 0.230 e. The van der Waals surface area contributed by atoms with Gasteiger partial charge in [-0.05, 0) is 18.6 Å². The molecule has 0 aliphatic carbocycles. The molecule has 0 bridgehead atoms. The Hall–Kier alpha value is -2.66. The van der Waals surface area contributed by atoms with Crippen LogP contribution in [0.4, 0.5) is 0 Å². The normalized spacial score (nSPS) is 10.4. The highest BCUT2D eigenvalue weighted by Gasteiger charge is 2.08. The maximum atomic E-state index is 12.0. The molecule has 0 saturated carbocycles. The predicted molar refractivity (Wildman–Crippen MR) is 101 cm³/mol. The summed E-state index contributed by atoms with van der Waals surface area (Å²) in [6.45, 7) is 2.47. The van der Waals surface area contributed by atoms with Gasteiger partial charge in [0.2, 0.25) is 5.91 Å². The minimum absolute atomic E-state index is 0.0276. The van der Waals surface area contributed by atoms with Gasteiger partial charge in [0.1, 0.15) is 0 Å². The van der Waals surface area contributed by atoms with E-state index in [9.17, 15) is 4.79 Å². The fourth-order valence-electron chi connectivity index (χ4n) is 2.34. The molecular weight excluding hydrogens is 330 g/mol. The third-order valence-electron chi connectivity index (χ3n) is 3.57. The molecule has 1 amide bonds. The lowest BCUT2D eigenvalue weighted by Crippen LogP contribution is -2.24. The SMILES string of the molecule is Cc1cc(-c2ccccc2)nc(SCC(=O)NCc2ccccc2)n1. The van der Waals surface area contributed by atoms with Crippen molar-refractivity contribution in [3.05, 3.63) is 78.0 Å². The van der Waals surface area contributed by atoms with Crippen LogP contribution in [0, 0.1) is 6.92 Å². The lowest BCUT2D eigenvalue weighted by Gasteiger charge is -2.07. The number of carbonyl (C=O) groups excluding carboxylic acids is 1. The first kappa shape index (κ1) is 17.2. The molecule has 0 radical (unpaired) electrons. The fraction of sp³-hybridized carbons (Fsp3) is 0.150. The first-order valence-electron chi connectivity index (χ1n) is 8.05. The van der Waals surface area contributed by atoms with Gasteiger partial charge >= 0.3 is 0 Å². The number of nitrogens with zero attached hydrogens (tertiary/aromatic N) is 2. The molecule has 3 rings (SSSR count). The monoisotopic (exact) mass is 349 g/mol. The highest BCUT2D eigenvalue weighted by molar-refractivity contribution is 7.99. The summed E-state index contributed by atoms with van der Waals surface area (Å²) in [6, 6.07) is 21.8. The molecule has 0 spiro atoms. The van der Waals surface area contributed by atoms with Crippen LogP contribution in [-0.4, -0.2) is 21.6 Å². The minimum atomic E-state index is -0.0276. The van der Waals surface area contributed by atoms with E-state index in [1.807, 2.05) is 73.7 Å². The molecule has 1 aromatic heterocycles. The Morgan fingerprint density at radius 3 is 2.40 bits per heavy atom. The standard InChI is InChI=1S/C20H19N3OS/c1-15-12-18(17-10-6-3-7-11-17)23-20(22-15)25-14-19(24)21-13-16-8-4-2-5-9-16/h2-12H,13-14H2,1H3,(H,21,24). The maximum absolute atomic E-state index is 12.0. The van der Waals surface area contributed by atoms with Crippen LogP contribution in [0.2, 0.25) is 0 Å². The second-order valence-corrected chi connectivity index (χ2v) is 6.54. The van der Waals surface area contributed by atoms with Gasteiger partial charge in [-0.25, -0.2) is 9.97 Å². The van der Waals surface area contributed by atoms with Crippen molar-refractivity contribution in [3.8, 4) is 11.3 Å². The zero-order valence-electron chi connectivity index (χ0n) is 14.0. The average molecular weight is 349 g/mol. The maximum Gasteiger partial charge on any atom is 0.230 e. The molecule has 0 aliphatic heterocycles. The van der Waals surface area contributed by atoms with Gasteiger partial charge in [-0.1, -0.05) is 72.4 Å². The van der Waals surface area contributed by atoms with Crippen LogP contribution >= 0.6 is 11.8 Å². The summed E-state index contributed by atoms with van der Waals surface area (Å²) in [6.07, 6.45) is 0. The summed E-state index contributed by atoms with van der Waals surface area (Å²) in [7, 11) is 0. The van der Waals surface area contributed by atoms with Crippen molar-refractivity contribution in [1.29, 1.82) is 0 Å². The summed E-state index contributed by atoms with van der Waals surface area (Å²) in [4.78, 5) is 21.0. The van der Waals surface area contributed by atoms with Crippen molar-refractivity contribution in [3.63, 3.8) is 0 Å². The van der Waals surface area contributed by atoms with E-state index in [1.54, 1.807) is 0 Å². The zero-order valence-corrected chi connectivity index (χ0v) is 14.8. The summed E-state index contributed by atoms with van der Waals surface area (Å²) >= 11 is 1.35. The minimum Gasteiger partial charge on any atom is -0.351 e. The number of nitrogens with one attached hydrogen (secondary N) is 1. The number of hydrogen-bond donors (Lipinski definition) is 1. The third-order valence-corrected chi connectivity index (χ3v) is 4.42. The lowest BCUT2D eigenvalue weighted by molar-refractivity contribution is -0.118. The van der Waals surface area contributed by atoms with E-state index in [2.05, 4.69) is 15.3 Å². The molecule has 5 heteroatoms. The van der Waals surface area contributed by atoms with Crippen LogP contribution in [0.1, 0.15) is 11.3 Å². The van der Waals surface area contributed by atoms with Gasteiger partial charge in [0.05, 0.1) is 11.4 Å². The molecule has 4 nitrogen and oxygen atoms in total. The summed E-state index contributed by atoms with van der Waals surface area (Å²) in [5, 5.41) is 3.53. The molecule has 126 valence electrons. The second kappa shape index (κ2) is 8.44. The third kappa shape index (κ3) is 5.16. The van der Waals surface area contributed by atoms with Gasteiger partial charge < -0.3 is 5.32 Å². The van der Waals surface area contributed by atoms with E-state index in [-0.39, 0.29) is 5.91 Å². The molecule has 3 aromatic rings. The number of aromatic nitrogens is 2. The van der Waals surface area contributed by atoms with E-state index >= 15 is 0 Å². The first-order valence-corrected chi connectivity index (χ1v) is 9.04. The highest BCUT2D eigenvalue weighted by atomic mass is 32.2. The Kier molecular flexibility index (Phi) is 5.80.